The smallest absolute Gasteiger partial charge is 0.275 e. The predicted octanol–water partition coefficient (Wildman–Crippen LogP) is 6.71. The minimum atomic E-state index is -1.08. The topological polar surface area (TPSA) is 142 Å². The average molecular weight is 703 g/mol. The van der Waals surface area contributed by atoms with Gasteiger partial charge in [-0.3, -0.25) is 9.59 Å². The first-order valence-corrected chi connectivity index (χ1v) is 15.4. The largest absolute Gasteiger partial charge is 0.340 e. The summed E-state index contributed by atoms with van der Waals surface area (Å²) in [5.74, 6) is -5.25. The molecule has 0 unspecified atom stereocenters. The summed E-state index contributed by atoms with van der Waals surface area (Å²) in [6, 6.07) is 9.48. The molecule has 0 spiro atoms. The van der Waals surface area contributed by atoms with Gasteiger partial charge in [-0.15, -0.1) is 11.3 Å². The lowest BCUT2D eigenvalue weighted by Crippen LogP contribution is -2.16. The number of pyridine rings is 1. The Hall–Kier alpha value is -6.36. The van der Waals surface area contributed by atoms with Crippen LogP contribution in [0.15, 0.2) is 90.8 Å². The highest BCUT2D eigenvalue weighted by molar-refractivity contribution is 7.07. The van der Waals surface area contributed by atoms with Gasteiger partial charge in [0.2, 0.25) is 0 Å². The van der Waals surface area contributed by atoms with E-state index < -0.39 is 35.1 Å². The molecular formula is C33H26F4N10O2S. The van der Waals surface area contributed by atoms with Crippen molar-refractivity contribution in [2.24, 2.45) is 0 Å². The number of amides is 2. The summed E-state index contributed by atoms with van der Waals surface area (Å²) in [6.07, 6.45) is 8.52. The quantitative estimate of drug-likeness (QED) is 0.164. The van der Waals surface area contributed by atoms with E-state index in [9.17, 15) is 27.2 Å². The van der Waals surface area contributed by atoms with Gasteiger partial charge in [0.15, 0.2) is 23.3 Å². The van der Waals surface area contributed by atoms with E-state index in [1.807, 2.05) is 0 Å². The van der Waals surface area contributed by atoms with Crippen molar-refractivity contribution in [3.63, 3.8) is 0 Å². The second kappa shape index (κ2) is 15.7. The van der Waals surface area contributed by atoms with Crippen LogP contribution in [-0.4, -0.2) is 55.8 Å². The monoisotopic (exact) mass is 702 g/mol. The second-order valence-corrected chi connectivity index (χ2v) is 11.1. The molecule has 0 saturated heterocycles. The molecule has 0 atom stereocenters. The number of hydrogen-bond acceptors (Lipinski definition) is 11. The number of hydrogen-bond donors (Lipinski definition) is 2. The zero-order chi connectivity index (χ0) is 35.8. The van der Waals surface area contributed by atoms with Gasteiger partial charge < -0.3 is 20.4 Å². The zero-order valence-electron chi connectivity index (χ0n) is 26.5. The molecule has 0 fully saturated rings. The summed E-state index contributed by atoms with van der Waals surface area (Å²) in [7, 11) is 3.09. The van der Waals surface area contributed by atoms with Crippen LogP contribution in [0.4, 0.5) is 51.7 Å². The maximum absolute atomic E-state index is 14.2. The molecule has 2 N–H and O–H groups in total. The fourth-order valence-corrected chi connectivity index (χ4v) is 4.91. The number of anilines is 6. The van der Waals surface area contributed by atoms with Crippen molar-refractivity contribution in [2.75, 3.05) is 34.5 Å². The average Bonchev–Trinajstić information content (AvgIpc) is 3.67. The van der Waals surface area contributed by atoms with Crippen LogP contribution in [0.25, 0.3) is 0 Å². The van der Waals surface area contributed by atoms with Crippen molar-refractivity contribution in [3.05, 3.63) is 131 Å². The maximum Gasteiger partial charge on any atom is 0.275 e. The highest BCUT2D eigenvalue weighted by Gasteiger charge is 2.19. The Morgan fingerprint density at radius 1 is 0.700 bits per heavy atom. The Bertz CT molecular complexity index is 2110. The standard InChI is InChI=1S/C18H15F2N5O.C15H11F2N5OS/c1-11-4-3-5-15(23-11)18(26)24-12-6-14(19)17(20)16(7-12)25(2)13-8-21-10-22-9-13;1-22(10-4-18-7-19-5-10)13-3-9(2-11(16)14(13)17)21-15(23)12-6-24-8-20-12/h3-10H,1-2H3,(H,24,26);2-8H,1H3,(H,21,23). The lowest BCUT2D eigenvalue weighted by Gasteiger charge is -2.20. The lowest BCUT2D eigenvalue weighted by atomic mass is 10.2. The molecule has 0 radical (unpaired) electrons. The van der Waals surface area contributed by atoms with Gasteiger partial charge in [0, 0.05) is 48.7 Å². The molecule has 12 nitrogen and oxygen atoms in total. The number of benzene rings is 2. The van der Waals surface area contributed by atoms with Crippen molar-refractivity contribution in [1.82, 2.24) is 29.9 Å². The van der Waals surface area contributed by atoms with Crippen LogP contribution in [-0.2, 0) is 0 Å². The van der Waals surface area contributed by atoms with Gasteiger partial charge in [0.1, 0.15) is 24.0 Å². The number of nitrogens with zero attached hydrogens (tertiary/aromatic N) is 8. The summed E-state index contributed by atoms with van der Waals surface area (Å²) in [6.45, 7) is 1.75. The van der Waals surface area contributed by atoms with Crippen LogP contribution in [0.2, 0.25) is 0 Å². The van der Waals surface area contributed by atoms with Gasteiger partial charge in [-0.25, -0.2) is 47.5 Å². The molecule has 0 bridgehead atoms. The summed E-state index contributed by atoms with van der Waals surface area (Å²) < 4.78 is 56.3. The molecule has 254 valence electrons. The van der Waals surface area contributed by atoms with Crippen LogP contribution >= 0.6 is 11.3 Å². The van der Waals surface area contributed by atoms with Gasteiger partial charge in [-0.2, -0.15) is 0 Å². The van der Waals surface area contributed by atoms with E-state index in [1.165, 1.54) is 82.3 Å². The van der Waals surface area contributed by atoms with Crippen LogP contribution in [0, 0.1) is 30.2 Å². The van der Waals surface area contributed by atoms with Gasteiger partial charge in [0.25, 0.3) is 11.8 Å². The normalized spacial score (nSPS) is 10.5. The summed E-state index contributed by atoms with van der Waals surface area (Å²) in [5, 5.41) is 6.59. The maximum atomic E-state index is 14.2. The van der Waals surface area contributed by atoms with Crippen LogP contribution in [0.3, 0.4) is 0 Å². The molecule has 2 aromatic carbocycles. The molecular weight excluding hydrogens is 676 g/mol. The molecule has 17 heteroatoms. The van der Waals surface area contributed by atoms with E-state index in [0.29, 0.717) is 17.1 Å². The number of carbonyl (C=O) groups is 2. The number of thiazole rings is 1. The van der Waals surface area contributed by atoms with E-state index in [0.717, 1.165) is 12.1 Å². The Morgan fingerprint density at radius 3 is 1.62 bits per heavy atom. The Kier molecular flexibility index (Phi) is 11.0. The van der Waals surface area contributed by atoms with E-state index in [-0.39, 0.29) is 34.1 Å². The molecule has 0 aliphatic heterocycles. The Morgan fingerprint density at radius 2 is 1.18 bits per heavy atom. The molecule has 4 heterocycles. The fourth-order valence-electron chi connectivity index (χ4n) is 4.37. The van der Waals surface area contributed by atoms with Crippen LogP contribution in [0.1, 0.15) is 26.7 Å². The number of carbonyl (C=O) groups excluding carboxylic acids is 2. The van der Waals surface area contributed by atoms with Crippen LogP contribution < -0.4 is 20.4 Å². The molecule has 2 amide bonds. The third kappa shape index (κ3) is 8.37. The summed E-state index contributed by atoms with van der Waals surface area (Å²) in [5.41, 5.74) is 3.61. The van der Waals surface area contributed by atoms with E-state index in [2.05, 4.69) is 40.5 Å². The number of halogens is 4. The first kappa shape index (κ1) is 35.0. The van der Waals surface area contributed by atoms with Crippen molar-refractivity contribution < 1.29 is 27.2 Å². The summed E-state index contributed by atoms with van der Waals surface area (Å²) in [4.78, 5) is 50.4. The van der Waals surface area contributed by atoms with Gasteiger partial charge in [-0.1, -0.05) is 6.07 Å². The van der Waals surface area contributed by atoms with E-state index >= 15 is 0 Å². The SMILES string of the molecule is CN(c1cncnc1)c1cc(NC(=O)c2cscn2)cc(F)c1F.Cc1cccc(C(=O)Nc2cc(F)c(F)c(N(C)c3cncnc3)c2)n1. The predicted molar refractivity (Wildman–Crippen MR) is 180 cm³/mol. The fraction of sp³-hybridized carbons (Fsp3) is 0.0909. The number of nitrogens with one attached hydrogen (secondary N) is 2. The number of aromatic nitrogens is 6. The van der Waals surface area contributed by atoms with Gasteiger partial charge in [-0.05, 0) is 31.2 Å². The summed E-state index contributed by atoms with van der Waals surface area (Å²) >= 11 is 1.26. The highest BCUT2D eigenvalue weighted by atomic mass is 32.1. The molecule has 50 heavy (non-hydrogen) atoms. The third-order valence-electron chi connectivity index (χ3n) is 6.91. The Balaban J connectivity index is 0.000000195. The van der Waals surface area contributed by atoms with Crippen molar-refractivity contribution >= 4 is 57.3 Å². The zero-order valence-corrected chi connectivity index (χ0v) is 27.3. The lowest BCUT2D eigenvalue weighted by molar-refractivity contribution is 0.101. The van der Waals surface area contributed by atoms with Crippen LogP contribution in [0.5, 0.6) is 0 Å². The van der Waals surface area contributed by atoms with Crippen molar-refractivity contribution in [1.29, 1.82) is 0 Å². The first-order valence-electron chi connectivity index (χ1n) is 14.4. The molecule has 0 aliphatic rings. The highest BCUT2D eigenvalue weighted by Crippen LogP contribution is 2.31. The second-order valence-electron chi connectivity index (χ2n) is 10.3. The molecule has 6 rings (SSSR count). The third-order valence-corrected chi connectivity index (χ3v) is 7.50. The van der Waals surface area contributed by atoms with Gasteiger partial charge >= 0.3 is 0 Å². The number of aryl methyl sites for hydroxylation is 1. The minimum Gasteiger partial charge on any atom is -0.340 e. The Labute approximate surface area is 286 Å². The first-order chi connectivity index (χ1) is 24.0. The molecule has 6 aromatic rings. The van der Waals surface area contributed by atoms with Crippen molar-refractivity contribution in [2.45, 2.75) is 6.92 Å². The van der Waals surface area contributed by atoms with E-state index in [4.69, 9.17) is 0 Å². The molecule has 4 aromatic heterocycles. The molecule has 0 saturated carbocycles. The number of rotatable bonds is 8. The molecule has 0 aliphatic carbocycles. The van der Waals surface area contributed by atoms with E-state index in [1.54, 1.807) is 38.5 Å². The van der Waals surface area contributed by atoms with Gasteiger partial charge in [0.05, 0.1) is 53.0 Å². The van der Waals surface area contributed by atoms with Crippen molar-refractivity contribution in [3.8, 4) is 0 Å². The minimum absolute atomic E-state index is 0.0571.